The van der Waals surface area contributed by atoms with Crippen molar-refractivity contribution in [2.45, 2.75) is 31.3 Å². The molecule has 2 heterocycles. The zero-order chi connectivity index (χ0) is 21.1. The lowest BCUT2D eigenvalue weighted by atomic mass is 9.75. The Labute approximate surface area is 181 Å². The quantitative estimate of drug-likeness (QED) is 0.587. The smallest absolute Gasteiger partial charge is 0.229 e. The summed E-state index contributed by atoms with van der Waals surface area (Å²) in [6, 6.07) is 8.18. The number of amides is 1. The van der Waals surface area contributed by atoms with Gasteiger partial charge in [0.2, 0.25) is 11.9 Å². The molecule has 3 aromatic rings. The van der Waals surface area contributed by atoms with Gasteiger partial charge in [-0.1, -0.05) is 18.2 Å². The first kappa shape index (κ1) is 20.6. The van der Waals surface area contributed by atoms with Gasteiger partial charge >= 0.3 is 0 Å². The molecule has 2 aromatic heterocycles. The van der Waals surface area contributed by atoms with Crippen molar-refractivity contribution in [3.8, 4) is 11.1 Å². The van der Waals surface area contributed by atoms with Crippen LogP contribution in [0.15, 0.2) is 59.6 Å². The Hall–Kier alpha value is -2.71. The fraction of sp³-hybridized carbons (Fsp3) is 0.273. The summed E-state index contributed by atoms with van der Waals surface area (Å²) >= 11 is 3.44. The molecule has 1 amide bonds. The second-order valence-electron chi connectivity index (χ2n) is 7.43. The minimum absolute atomic E-state index is 0.176. The number of rotatable bonds is 4. The summed E-state index contributed by atoms with van der Waals surface area (Å²) < 4.78 is 14.6. The van der Waals surface area contributed by atoms with Crippen molar-refractivity contribution in [3.05, 3.63) is 71.0 Å². The van der Waals surface area contributed by atoms with Crippen LogP contribution in [0.2, 0.25) is 0 Å². The third kappa shape index (κ3) is 4.24. The van der Waals surface area contributed by atoms with Gasteiger partial charge in [-0.3, -0.25) is 15.1 Å². The number of aromatic nitrogens is 3. The molecular formula is C22H20BrFN4O2. The van der Waals surface area contributed by atoms with Crippen LogP contribution in [0.25, 0.3) is 11.1 Å². The highest BCUT2D eigenvalue weighted by atomic mass is 79.9. The summed E-state index contributed by atoms with van der Waals surface area (Å²) in [5, 5.41) is 13.8. The molecule has 0 unspecified atom stereocenters. The average molecular weight is 471 g/mol. The molecule has 1 saturated carbocycles. The first-order valence-corrected chi connectivity index (χ1v) is 10.5. The van der Waals surface area contributed by atoms with Crippen molar-refractivity contribution < 1.29 is 14.3 Å². The number of hydrogen-bond acceptors (Lipinski definition) is 5. The maximum Gasteiger partial charge on any atom is 0.229 e. The summed E-state index contributed by atoms with van der Waals surface area (Å²) in [5.74, 6) is -0.587. The number of nitrogens with one attached hydrogen (secondary N) is 1. The largest absolute Gasteiger partial charge is 0.385 e. The molecule has 30 heavy (non-hydrogen) atoms. The van der Waals surface area contributed by atoms with Gasteiger partial charge < -0.3 is 5.11 Å². The van der Waals surface area contributed by atoms with Crippen LogP contribution in [0.5, 0.6) is 0 Å². The highest BCUT2D eigenvalue weighted by Gasteiger charge is 2.38. The van der Waals surface area contributed by atoms with Crippen LogP contribution in [-0.2, 0) is 10.4 Å². The van der Waals surface area contributed by atoms with Crippen molar-refractivity contribution in [1.82, 2.24) is 15.0 Å². The SMILES string of the molecule is O=C(Nc1ncc(-c2ccccc2F)cn1)C1CCC(O)(c2ccncc2Br)CC1. The van der Waals surface area contributed by atoms with Crippen molar-refractivity contribution in [3.63, 3.8) is 0 Å². The Morgan fingerprint density at radius 2 is 1.83 bits per heavy atom. The maximum atomic E-state index is 13.9. The Bertz CT molecular complexity index is 1050. The molecule has 0 atom stereocenters. The predicted octanol–water partition coefficient (Wildman–Crippen LogP) is 4.46. The first-order valence-electron chi connectivity index (χ1n) is 9.66. The van der Waals surface area contributed by atoms with E-state index in [1.54, 1.807) is 36.7 Å². The summed E-state index contributed by atoms with van der Waals surface area (Å²) in [6.07, 6.45) is 8.33. The summed E-state index contributed by atoms with van der Waals surface area (Å²) in [5.41, 5.74) is 0.764. The topological polar surface area (TPSA) is 88.0 Å². The van der Waals surface area contributed by atoms with Gasteiger partial charge in [0.1, 0.15) is 5.82 Å². The molecule has 0 aliphatic heterocycles. The van der Waals surface area contributed by atoms with Gasteiger partial charge in [-0.25, -0.2) is 14.4 Å². The molecular weight excluding hydrogens is 451 g/mol. The summed E-state index contributed by atoms with van der Waals surface area (Å²) in [7, 11) is 0. The van der Waals surface area contributed by atoms with Crippen LogP contribution in [0.1, 0.15) is 31.2 Å². The lowest BCUT2D eigenvalue weighted by Gasteiger charge is -2.36. The van der Waals surface area contributed by atoms with E-state index in [1.807, 2.05) is 0 Å². The van der Waals surface area contributed by atoms with E-state index >= 15 is 0 Å². The zero-order valence-corrected chi connectivity index (χ0v) is 17.6. The molecule has 1 fully saturated rings. The lowest BCUT2D eigenvalue weighted by Crippen LogP contribution is -2.36. The van der Waals surface area contributed by atoms with Gasteiger partial charge in [0.15, 0.2) is 0 Å². The van der Waals surface area contributed by atoms with Gasteiger partial charge in [-0.15, -0.1) is 0 Å². The second kappa shape index (κ2) is 8.57. The van der Waals surface area contributed by atoms with Crippen LogP contribution in [0, 0.1) is 11.7 Å². The number of aliphatic hydroxyl groups is 1. The number of halogens is 2. The molecule has 4 rings (SSSR count). The molecule has 1 aromatic carbocycles. The fourth-order valence-corrected chi connectivity index (χ4v) is 4.44. The minimum Gasteiger partial charge on any atom is -0.385 e. The Kier molecular flexibility index (Phi) is 5.87. The van der Waals surface area contributed by atoms with E-state index in [0.717, 1.165) is 10.0 Å². The second-order valence-corrected chi connectivity index (χ2v) is 8.28. The highest BCUT2D eigenvalue weighted by Crippen LogP contribution is 2.42. The molecule has 1 aliphatic carbocycles. The molecule has 0 radical (unpaired) electrons. The number of nitrogens with zero attached hydrogens (tertiary/aromatic N) is 3. The van der Waals surface area contributed by atoms with Gasteiger partial charge in [-0.2, -0.15) is 0 Å². The van der Waals surface area contributed by atoms with E-state index in [2.05, 4.69) is 36.2 Å². The number of hydrogen-bond donors (Lipinski definition) is 2. The number of carbonyl (C=O) groups excluding carboxylic acids is 1. The number of benzene rings is 1. The van der Waals surface area contributed by atoms with Gasteiger partial charge in [-0.05, 0) is 53.7 Å². The molecule has 6 nitrogen and oxygen atoms in total. The molecule has 1 aliphatic rings. The van der Waals surface area contributed by atoms with Crippen LogP contribution in [0.3, 0.4) is 0 Å². The van der Waals surface area contributed by atoms with Crippen LogP contribution in [-0.4, -0.2) is 26.0 Å². The number of anilines is 1. The van der Waals surface area contributed by atoms with Gasteiger partial charge in [0.25, 0.3) is 0 Å². The van der Waals surface area contributed by atoms with Crippen molar-refractivity contribution in [2.75, 3.05) is 5.32 Å². The van der Waals surface area contributed by atoms with Crippen molar-refractivity contribution in [2.24, 2.45) is 5.92 Å². The summed E-state index contributed by atoms with van der Waals surface area (Å²) in [6.45, 7) is 0. The van der Waals surface area contributed by atoms with E-state index < -0.39 is 5.60 Å². The van der Waals surface area contributed by atoms with E-state index in [0.29, 0.717) is 36.8 Å². The first-order chi connectivity index (χ1) is 14.5. The van der Waals surface area contributed by atoms with E-state index in [9.17, 15) is 14.3 Å². The van der Waals surface area contributed by atoms with Gasteiger partial charge in [0.05, 0.1) is 5.60 Å². The van der Waals surface area contributed by atoms with Crippen molar-refractivity contribution >= 4 is 27.8 Å². The molecule has 0 bridgehead atoms. The predicted molar refractivity (Wildman–Crippen MR) is 114 cm³/mol. The maximum absolute atomic E-state index is 13.9. The van der Waals surface area contributed by atoms with Crippen LogP contribution in [0.4, 0.5) is 10.3 Å². The third-order valence-corrected chi connectivity index (χ3v) is 6.16. The Morgan fingerprint density at radius 3 is 2.50 bits per heavy atom. The third-order valence-electron chi connectivity index (χ3n) is 5.53. The number of pyridine rings is 1. The van der Waals surface area contributed by atoms with Crippen LogP contribution >= 0.6 is 15.9 Å². The molecule has 154 valence electrons. The highest BCUT2D eigenvalue weighted by molar-refractivity contribution is 9.10. The monoisotopic (exact) mass is 470 g/mol. The van der Waals surface area contributed by atoms with Crippen molar-refractivity contribution in [1.29, 1.82) is 0 Å². The fourth-order valence-electron chi connectivity index (χ4n) is 3.82. The molecule has 8 heteroatoms. The van der Waals surface area contributed by atoms with Crippen LogP contribution < -0.4 is 5.32 Å². The van der Waals surface area contributed by atoms with Gasteiger partial charge in [0, 0.05) is 51.9 Å². The summed E-state index contributed by atoms with van der Waals surface area (Å²) in [4.78, 5) is 25.0. The number of carbonyl (C=O) groups is 1. The lowest BCUT2D eigenvalue weighted by molar-refractivity contribution is -0.123. The average Bonchev–Trinajstić information content (AvgIpc) is 2.75. The molecule has 0 spiro atoms. The molecule has 2 N–H and O–H groups in total. The normalized spacial score (nSPS) is 21.2. The molecule has 0 saturated heterocycles. The van der Waals surface area contributed by atoms with E-state index in [4.69, 9.17) is 0 Å². The van der Waals surface area contributed by atoms with E-state index in [1.165, 1.54) is 18.5 Å². The van der Waals surface area contributed by atoms with E-state index in [-0.39, 0.29) is 23.6 Å². The zero-order valence-electron chi connectivity index (χ0n) is 16.1. The standard InChI is InChI=1S/C22H20BrFN4O2/c23-18-13-25-10-7-17(18)22(30)8-5-14(6-9-22)20(29)28-21-26-11-15(12-27-21)16-3-1-2-4-19(16)24/h1-4,7,10-14,30H,5-6,8-9H2,(H,26,27,28,29). The minimum atomic E-state index is -0.976. The Morgan fingerprint density at radius 1 is 1.13 bits per heavy atom. The Balaban J connectivity index is 1.38.